The molecule has 0 radical (unpaired) electrons. The molecule has 0 bridgehead atoms. The van der Waals surface area contributed by atoms with Crippen LogP contribution in [0.3, 0.4) is 0 Å². The Morgan fingerprint density at radius 3 is 2.63 bits per heavy atom. The maximum atomic E-state index is 12.5. The minimum atomic E-state index is -0.394. The summed E-state index contributed by atoms with van der Waals surface area (Å²) in [4.78, 5) is 26.0. The van der Waals surface area contributed by atoms with Crippen molar-refractivity contribution in [3.05, 3.63) is 0 Å². The van der Waals surface area contributed by atoms with Crippen LogP contribution in [0.2, 0.25) is 0 Å². The molecule has 6 heteroatoms. The first-order chi connectivity index (χ1) is 8.88. The number of amides is 2. The topological polar surface area (TPSA) is 49.4 Å². The molecular weight excluding hydrogens is 280 g/mol. The van der Waals surface area contributed by atoms with E-state index < -0.39 is 6.04 Å². The maximum absolute atomic E-state index is 12.5. The second kappa shape index (κ2) is 5.95. The fourth-order valence-corrected chi connectivity index (χ4v) is 5.02. The molecule has 0 aliphatic carbocycles. The van der Waals surface area contributed by atoms with Gasteiger partial charge in [-0.2, -0.15) is 23.5 Å². The lowest BCUT2D eigenvalue weighted by Gasteiger charge is -2.40. The molecule has 2 fully saturated rings. The zero-order valence-corrected chi connectivity index (χ0v) is 13.4. The van der Waals surface area contributed by atoms with E-state index in [1.54, 1.807) is 4.90 Å². The van der Waals surface area contributed by atoms with Gasteiger partial charge in [0, 0.05) is 29.1 Å². The molecule has 2 aliphatic rings. The number of hydrogen-bond acceptors (Lipinski definition) is 4. The largest absolute Gasteiger partial charge is 0.342 e. The number of thioether (sulfide) groups is 2. The number of carbonyl (C=O) groups excluding carboxylic acids is 2. The molecule has 0 aromatic rings. The van der Waals surface area contributed by atoms with Gasteiger partial charge in [0.25, 0.3) is 0 Å². The van der Waals surface area contributed by atoms with Gasteiger partial charge in [-0.05, 0) is 5.41 Å². The highest BCUT2D eigenvalue weighted by Gasteiger charge is 2.40. The lowest BCUT2D eigenvalue weighted by atomic mass is 9.85. The quantitative estimate of drug-likeness (QED) is 0.833. The highest BCUT2D eigenvalue weighted by atomic mass is 32.2. The van der Waals surface area contributed by atoms with Crippen molar-refractivity contribution in [1.29, 1.82) is 0 Å². The Balaban J connectivity index is 2.02. The van der Waals surface area contributed by atoms with Crippen molar-refractivity contribution in [3.8, 4) is 0 Å². The fourth-order valence-electron chi connectivity index (χ4n) is 2.33. The van der Waals surface area contributed by atoms with Gasteiger partial charge in [-0.15, -0.1) is 0 Å². The third-order valence-corrected chi connectivity index (χ3v) is 6.20. The van der Waals surface area contributed by atoms with Crippen LogP contribution in [0.1, 0.15) is 20.8 Å². The van der Waals surface area contributed by atoms with Crippen molar-refractivity contribution in [1.82, 2.24) is 10.2 Å². The first kappa shape index (κ1) is 15.0. The molecule has 2 heterocycles. The molecule has 2 unspecified atom stereocenters. The zero-order chi connectivity index (χ0) is 14.0. The van der Waals surface area contributed by atoms with Gasteiger partial charge in [-0.3, -0.25) is 9.59 Å². The minimum Gasteiger partial charge on any atom is -0.342 e. The van der Waals surface area contributed by atoms with Crippen molar-refractivity contribution in [2.24, 2.45) is 5.41 Å². The summed E-state index contributed by atoms with van der Waals surface area (Å²) in [6, 6.07) is -0.394. The van der Waals surface area contributed by atoms with Gasteiger partial charge in [0.1, 0.15) is 6.04 Å². The van der Waals surface area contributed by atoms with Gasteiger partial charge in [0.15, 0.2) is 0 Å². The molecule has 2 aliphatic heterocycles. The average Bonchev–Trinajstić information content (AvgIpc) is 2.33. The Morgan fingerprint density at radius 2 is 2.05 bits per heavy atom. The Kier molecular flexibility index (Phi) is 4.71. The van der Waals surface area contributed by atoms with Gasteiger partial charge in [0.05, 0.1) is 6.54 Å². The van der Waals surface area contributed by atoms with Crippen molar-refractivity contribution in [2.45, 2.75) is 32.1 Å². The van der Waals surface area contributed by atoms with Crippen molar-refractivity contribution in [3.63, 3.8) is 0 Å². The van der Waals surface area contributed by atoms with Gasteiger partial charge < -0.3 is 10.2 Å². The maximum Gasteiger partial charge on any atom is 0.246 e. The van der Waals surface area contributed by atoms with Crippen LogP contribution < -0.4 is 5.32 Å². The van der Waals surface area contributed by atoms with E-state index in [-0.39, 0.29) is 23.8 Å². The van der Waals surface area contributed by atoms with E-state index in [0.29, 0.717) is 11.8 Å². The van der Waals surface area contributed by atoms with E-state index in [2.05, 4.69) is 5.32 Å². The molecule has 19 heavy (non-hydrogen) atoms. The Hall–Kier alpha value is -0.360. The van der Waals surface area contributed by atoms with Crippen LogP contribution in [-0.4, -0.2) is 58.4 Å². The summed E-state index contributed by atoms with van der Waals surface area (Å²) in [5.41, 5.74) is -0.236. The molecule has 108 valence electrons. The van der Waals surface area contributed by atoms with E-state index in [0.717, 1.165) is 11.5 Å². The number of nitrogens with one attached hydrogen (secondary N) is 1. The molecule has 0 aromatic heterocycles. The van der Waals surface area contributed by atoms with E-state index in [9.17, 15) is 9.59 Å². The Labute approximate surface area is 123 Å². The van der Waals surface area contributed by atoms with Crippen LogP contribution in [0.4, 0.5) is 0 Å². The zero-order valence-electron chi connectivity index (χ0n) is 11.8. The van der Waals surface area contributed by atoms with Crippen molar-refractivity contribution < 1.29 is 9.59 Å². The summed E-state index contributed by atoms with van der Waals surface area (Å²) in [6.45, 7) is 6.89. The summed E-state index contributed by atoms with van der Waals surface area (Å²) >= 11 is 3.86. The summed E-state index contributed by atoms with van der Waals surface area (Å²) in [5.74, 6) is 3.46. The highest BCUT2D eigenvalue weighted by molar-refractivity contribution is 8.06. The number of hydrogen-bond donors (Lipinski definition) is 1. The average molecular weight is 302 g/mol. The van der Waals surface area contributed by atoms with Crippen LogP contribution >= 0.6 is 23.5 Å². The van der Waals surface area contributed by atoms with Crippen LogP contribution in [0.5, 0.6) is 0 Å². The second-order valence-electron chi connectivity index (χ2n) is 6.15. The monoisotopic (exact) mass is 302 g/mol. The molecule has 2 rings (SSSR count). The third-order valence-electron chi connectivity index (χ3n) is 3.37. The summed E-state index contributed by atoms with van der Waals surface area (Å²) in [7, 11) is 0. The predicted molar refractivity (Wildman–Crippen MR) is 81.5 cm³/mol. The van der Waals surface area contributed by atoms with Gasteiger partial charge >= 0.3 is 0 Å². The van der Waals surface area contributed by atoms with Crippen molar-refractivity contribution in [2.75, 3.05) is 30.3 Å². The minimum absolute atomic E-state index is 0.0343. The molecule has 0 aromatic carbocycles. The van der Waals surface area contributed by atoms with E-state index in [4.69, 9.17) is 0 Å². The van der Waals surface area contributed by atoms with Crippen LogP contribution in [0, 0.1) is 5.41 Å². The lowest BCUT2D eigenvalue weighted by Crippen LogP contribution is -2.63. The van der Waals surface area contributed by atoms with Gasteiger partial charge in [-0.1, -0.05) is 20.8 Å². The summed E-state index contributed by atoms with van der Waals surface area (Å²) in [6.07, 6.45) is 0. The van der Waals surface area contributed by atoms with Crippen LogP contribution in [-0.2, 0) is 9.59 Å². The predicted octanol–water partition coefficient (Wildman–Crippen LogP) is 1.21. The molecule has 2 atom stereocenters. The molecule has 4 nitrogen and oxygen atoms in total. The molecule has 2 saturated heterocycles. The number of rotatable bonds is 2. The molecule has 2 amide bonds. The third kappa shape index (κ3) is 3.81. The first-order valence-electron chi connectivity index (χ1n) is 6.65. The second-order valence-corrected chi connectivity index (χ2v) is 8.71. The smallest absolute Gasteiger partial charge is 0.246 e. The SMILES string of the molecule is CC(C)(C)C1NC(=O)CN(CC2CSCCS2)C1=O. The molecule has 0 spiro atoms. The first-order valence-corrected chi connectivity index (χ1v) is 8.86. The molecule has 1 N–H and O–H groups in total. The highest BCUT2D eigenvalue weighted by Crippen LogP contribution is 2.27. The van der Waals surface area contributed by atoms with Crippen LogP contribution in [0.25, 0.3) is 0 Å². The standard InChI is InChI=1S/C13H22N2O2S2/c1-13(2,3)11-12(17)15(7-10(16)14-11)6-9-8-18-4-5-19-9/h9,11H,4-8H2,1-3H3,(H,14,16). The van der Waals surface area contributed by atoms with E-state index in [1.165, 1.54) is 5.75 Å². The molecule has 0 saturated carbocycles. The normalized spacial score (nSPS) is 29.3. The number of piperazine rings is 1. The molecular formula is C13H22N2O2S2. The van der Waals surface area contributed by atoms with Crippen LogP contribution in [0.15, 0.2) is 0 Å². The number of carbonyl (C=O) groups is 2. The summed E-state index contributed by atoms with van der Waals surface area (Å²) < 4.78 is 0. The lowest BCUT2D eigenvalue weighted by molar-refractivity contribution is -0.147. The fraction of sp³-hybridized carbons (Fsp3) is 0.846. The van der Waals surface area contributed by atoms with E-state index >= 15 is 0 Å². The van der Waals surface area contributed by atoms with Gasteiger partial charge in [-0.25, -0.2) is 0 Å². The Bertz CT molecular complexity index is 362. The summed E-state index contributed by atoms with van der Waals surface area (Å²) in [5, 5.41) is 3.30. The van der Waals surface area contributed by atoms with Crippen molar-refractivity contribution >= 4 is 35.3 Å². The number of nitrogens with zero attached hydrogens (tertiary/aromatic N) is 1. The van der Waals surface area contributed by atoms with Gasteiger partial charge in [0.2, 0.25) is 11.8 Å². The Morgan fingerprint density at radius 1 is 1.32 bits per heavy atom. The van der Waals surface area contributed by atoms with E-state index in [1.807, 2.05) is 44.3 Å².